The molecule has 0 bridgehead atoms. The first-order chi connectivity index (χ1) is 5.07. The van der Waals surface area contributed by atoms with Gasteiger partial charge in [0.05, 0.1) is 0 Å². The van der Waals surface area contributed by atoms with Crippen LogP contribution >= 0.6 is 0 Å². The molecule has 0 aromatic carbocycles. The lowest BCUT2D eigenvalue weighted by atomic mass is 10.0. The predicted octanol–water partition coefficient (Wildman–Crippen LogP) is 2.96. The van der Waals surface area contributed by atoms with E-state index in [0.29, 0.717) is 5.92 Å². The summed E-state index contributed by atoms with van der Waals surface area (Å²) in [7, 11) is 0. The highest BCUT2D eigenvalue weighted by atomic mass is 16.1. The summed E-state index contributed by atoms with van der Waals surface area (Å²) < 4.78 is 0. The Labute approximate surface area is 69.5 Å². The lowest BCUT2D eigenvalue weighted by Gasteiger charge is -2.04. The van der Waals surface area contributed by atoms with Gasteiger partial charge >= 0.3 is 0 Å². The second kappa shape index (κ2) is 5.11. The molecule has 0 N–H and O–H groups in total. The van der Waals surface area contributed by atoms with E-state index in [1.54, 1.807) is 6.92 Å². The Kier molecular flexibility index (Phi) is 4.84. The van der Waals surface area contributed by atoms with Crippen molar-refractivity contribution < 1.29 is 4.79 Å². The molecule has 64 valence electrons. The Morgan fingerprint density at radius 2 is 2.00 bits per heavy atom. The second-order valence-corrected chi connectivity index (χ2v) is 3.17. The Bertz CT molecular complexity index is 156. The van der Waals surface area contributed by atoms with Gasteiger partial charge in [-0.25, -0.2) is 0 Å². The van der Waals surface area contributed by atoms with Crippen LogP contribution in [0.5, 0.6) is 0 Å². The van der Waals surface area contributed by atoms with Crippen LogP contribution in [0.4, 0.5) is 0 Å². The minimum absolute atomic E-state index is 0.188. The van der Waals surface area contributed by atoms with Gasteiger partial charge in [-0.1, -0.05) is 26.3 Å². The van der Waals surface area contributed by atoms with Crippen molar-refractivity contribution in [2.24, 2.45) is 5.92 Å². The van der Waals surface area contributed by atoms with Gasteiger partial charge in [-0.15, -0.1) is 0 Å². The first-order valence-corrected chi connectivity index (χ1v) is 4.27. The van der Waals surface area contributed by atoms with Crippen LogP contribution in [0.25, 0.3) is 0 Å². The lowest BCUT2D eigenvalue weighted by Crippen LogP contribution is -1.96. The van der Waals surface area contributed by atoms with Gasteiger partial charge in [0.25, 0.3) is 0 Å². The molecule has 0 aliphatic carbocycles. The highest BCUT2D eigenvalue weighted by Gasteiger charge is 1.99. The number of rotatable bonds is 4. The second-order valence-electron chi connectivity index (χ2n) is 3.17. The maximum Gasteiger partial charge on any atom is 0.155 e. The summed E-state index contributed by atoms with van der Waals surface area (Å²) in [5, 5.41) is 0. The maximum absolute atomic E-state index is 10.8. The van der Waals surface area contributed by atoms with Gasteiger partial charge < -0.3 is 0 Å². The predicted molar refractivity (Wildman–Crippen MR) is 48.5 cm³/mol. The van der Waals surface area contributed by atoms with Gasteiger partial charge in [-0.3, -0.25) is 4.79 Å². The number of allylic oxidation sites excluding steroid dienone is 2. The summed E-state index contributed by atoms with van der Waals surface area (Å²) >= 11 is 0. The minimum Gasteiger partial charge on any atom is -0.295 e. The molecule has 1 heteroatoms. The Morgan fingerprint density at radius 3 is 2.36 bits per heavy atom. The minimum atomic E-state index is 0.188. The zero-order valence-electron chi connectivity index (χ0n) is 7.98. The smallest absolute Gasteiger partial charge is 0.155 e. The van der Waals surface area contributed by atoms with Crippen LogP contribution < -0.4 is 0 Å². The molecule has 0 saturated carbocycles. The summed E-state index contributed by atoms with van der Waals surface area (Å²) in [4.78, 5) is 10.8. The third kappa shape index (κ3) is 4.77. The van der Waals surface area contributed by atoms with E-state index >= 15 is 0 Å². The van der Waals surface area contributed by atoms with E-state index in [2.05, 4.69) is 19.9 Å². The van der Waals surface area contributed by atoms with Crippen LogP contribution in [-0.4, -0.2) is 5.78 Å². The lowest BCUT2D eigenvalue weighted by molar-refractivity contribution is -0.113. The van der Waals surface area contributed by atoms with Crippen LogP contribution in [0.1, 0.15) is 40.5 Å². The topological polar surface area (TPSA) is 17.1 Å². The van der Waals surface area contributed by atoms with Crippen molar-refractivity contribution in [2.75, 3.05) is 0 Å². The zero-order valence-corrected chi connectivity index (χ0v) is 7.98. The number of hydrogen-bond acceptors (Lipinski definition) is 1. The average Bonchev–Trinajstić information content (AvgIpc) is 1.87. The molecular weight excluding hydrogens is 136 g/mol. The number of Topliss-reactive ketones (excluding diaryl/α,β-unsaturated/α-hetero) is 1. The van der Waals surface area contributed by atoms with Crippen molar-refractivity contribution in [1.82, 2.24) is 0 Å². The number of hydrogen-bond donors (Lipinski definition) is 0. The van der Waals surface area contributed by atoms with Gasteiger partial charge in [-0.05, 0) is 31.8 Å². The molecule has 0 heterocycles. The van der Waals surface area contributed by atoms with Crippen LogP contribution in [0.2, 0.25) is 0 Å². The molecule has 1 atom stereocenters. The van der Waals surface area contributed by atoms with E-state index in [1.807, 2.05) is 6.92 Å². The third-order valence-electron chi connectivity index (χ3n) is 1.83. The molecule has 0 aliphatic heterocycles. The van der Waals surface area contributed by atoms with E-state index in [-0.39, 0.29) is 5.78 Å². The fourth-order valence-corrected chi connectivity index (χ4v) is 1.08. The monoisotopic (exact) mass is 154 g/mol. The molecule has 0 radical (unpaired) electrons. The summed E-state index contributed by atoms with van der Waals surface area (Å²) in [5.41, 5.74) is 0.894. The fraction of sp³-hybridized carbons (Fsp3) is 0.700. The SMILES string of the molecule is CCCC(C)C=C(C)C(C)=O. The van der Waals surface area contributed by atoms with E-state index in [0.717, 1.165) is 5.57 Å². The largest absolute Gasteiger partial charge is 0.295 e. The first kappa shape index (κ1) is 10.4. The number of carbonyl (C=O) groups excluding carboxylic acids is 1. The highest BCUT2D eigenvalue weighted by molar-refractivity contribution is 5.92. The maximum atomic E-state index is 10.8. The Morgan fingerprint density at radius 1 is 1.45 bits per heavy atom. The van der Waals surface area contributed by atoms with Crippen molar-refractivity contribution in [2.45, 2.75) is 40.5 Å². The van der Waals surface area contributed by atoms with E-state index in [4.69, 9.17) is 0 Å². The summed E-state index contributed by atoms with van der Waals surface area (Å²) in [6, 6.07) is 0. The normalized spacial score (nSPS) is 14.7. The summed E-state index contributed by atoms with van der Waals surface area (Å²) in [6.07, 6.45) is 4.42. The first-order valence-electron chi connectivity index (χ1n) is 4.27. The standard InChI is InChI=1S/C10H18O/c1-5-6-8(2)7-9(3)10(4)11/h7-8H,5-6H2,1-4H3. The average molecular weight is 154 g/mol. The molecule has 0 aromatic heterocycles. The molecular formula is C10H18O. The summed E-state index contributed by atoms with van der Waals surface area (Å²) in [6.45, 7) is 7.81. The highest BCUT2D eigenvalue weighted by Crippen LogP contribution is 2.09. The van der Waals surface area contributed by atoms with Gasteiger partial charge in [0.15, 0.2) is 5.78 Å². The van der Waals surface area contributed by atoms with Crippen molar-refractivity contribution >= 4 is 5.78 Å². The molecule has 11 heavy (non-hydrogen) atoms. The van der Waals surface area contributed by atoms with Gasteiger partial charge in [0.1, 0.15) is 0 Å². The zero-order chi connectivity index (χ0) is 8.85. The van der Waals surface area contributed by atoms with Gasteiger partial charge in [-0.2, -0.15) is 0 Å². The van der Waals surface area contributed by atoms with Crippen LogP contribution in [0, 0.1) is 5.92 Å². The van der Waals surface area contributed by atoms with Crippen LogP contribution in [0.3, 0.4) is 0 Å². The Hall–Kier alpha value is -0.590. The van der Waals surface area contributed by atoms with E-state index in [1.165, 1.54) is 12.8 Å². The fourth-order valence-electron chi connectivity index (χ4n) is 1.08. The Balaban J connectivity index is 3.96. The third-order valence-corrected chi connectivity index (χ3v) is 1.83. The molecule has 1 nitrogen and oxygen atoms in total. The molecule has 0 saturated heterocycles. The molecule has 0 aliphatic rings. The number of carbonyl (C=O) groups is 1. The molecule has 0 amide bonds. The van der Waals surface area contributed by atoms with Crippen molar-refractivity contribution in [3.8, 4) is 0 Å². The summed E-state index contributed by atoms with van der Waals surface area (Å²) in [5.74, 6) is 0.733. The van der Waals surface area contributed by atoms with Gasteiger partial charge in [0, 0.05) is 0 Å². The number of ketones is 1. The quantitative estimate of drug-likeness (QED) is 0.569. The van der Waals surface area contributed by atoms with Crippen molar-refractivity contribution in [3.63, 3.8) is 0 Å². The molecule has 0 rings (SSSR count). The molecule has 1 unspecified atom stereocenters. The molecule has 0 aromatic rings. The van der Waals surface area contributed by atoms with Crippen LogP contribution in [-0.2, 0) is 4.79 Å². The van der Waals surface area contributed by atoms with Crippen molar-refractivity contribution in [3.05, 3.63) is 11.6 Å². The van der Waals surface area contributed by atoms with Gasteiger partial charge in [0.2, 0.25) is 0 Å². The van der Waals surface area contributed by atoms with Crippen molar-refractivity contribution in [1.29, 1.82) is 0 Å². The molecule has 0 fully saturated rings. The van der Waals surface area contributed by atoms with E-state index < -0.39 is 0 Å². The molecule has 0 spiro atoms. The van der Waals surface area contributed by atoms with Crippen LogP contribution in [0.15, 0.2) is 11.6 Å². The van der Waals surface area contributed by atoms with E-state index in [9.17, 15) is 4.79 Å².